The standard InChI is InChI=1S/C28H29N3O3S/c1-4-19-11-14-24-21(15-19)16-22(27(32)29-24)18-31(17-20-9-12-23(33-2)13-10-20)28(35)30-25-7-5-6-8-26(25)34-3/h5-16H,4,17-18H2,1-3H3,(H,29,32)(H,30,35). The van der Waals surface area contributed by atoms with Crippen molar-refractivity contribution < 1.29 is 9.47 Å². The Labute approximate surface area is 210 Å². The number of methoxy groups -OCH3 is 2. The van der Waals surface area contributed by atoms with E-state index < -0.39 is 0 Å². The highest BCUT2D eigenvalue weighted by Crippen LogP contribution is 2.24. The molecule has 0 unspecified atom stereocenters. The molecule has 1 heterocycles. The van der Waals surface area contributed by atoms with E-state index in [9.17, 15) is 4.79 Å². The summed E-state index contributed by atoms with van der Waals surface area (Å²) in [7, 11) is 3.27. The number of aromatic nitrogens is 1. The van der Waals surface area contributed by atoms with E-state index in [2.05, 4.69) is 23.3 Å². The molecule has 0 spiro atoms. The summed E-state index contributed by atoms with van der Waals surface area (Å²) in [5, 5.41) is 4.79. The van der Waals surface area contributed by atoms with Crippen LogP contribution in [0.25, 0.3) is 10.9 Å². The fourth-order valence-electron chi connectivity index (χ4n) is 3.94. The lowest BCUT2D eigenvalue weighted by atomic mass is 10.1. The lowest BCUT2D eigenvalue weighted by Crippen LogP contribution is -2.35. The molecule has 4 aromatic rings. The van der Waals surface area contributed by atoms with Crippen molar-refractivity contribution in [3.63, 3.8) is 0 Å². The molecule has 35 heavy (non-hydrogen) atoms. The molecule has 0 radical (unpaired) electrons. The predicted octanol–water partition coefficient (Wildman–Crippen LogP) is 5.51. The summed E-state index contributed by atoms with van der Waals surface area (Å²) in [4.78, 5) is 18.0. The summed E-state index contributed by atoms with van der Waals surface area (Å²) in [6.07, 6.45) is 0.931. The average Bonchev–Trinajstić information content (AvgIpc) is 2.89. The Kier molecular flexibility index (Phi) is 7.67. The first-order chi connectivity index (χ1) is 17.0. The van der Waals surface area contributed by atoms with E-state index in [4.69, 9.17) is 21.7 Å². The summed E-state index contributed by atoms with van der Waals surface area (Å²) in [6, 6.07) is 23.5. The maximum absolute atomic E-state index is 13.0. The van der Waals surface area contributed by atoms with E-state index in [0.29, 0.717) is 29.5 Å². The molecule has 0 fully saturated rings. The maximum atomic E-state index is 13.0. The number of H-pyrrole nitrogens is 1. The van der Waals surface area contributed by atoms with Gasteiger partial charge in [0.25, 0.3) is 5.56 Å². The number of pyridine rings is 1. The normalized spacial score (nSPS) is 10.7. The first-order valence-corrected chi connectivity index (χ1v) is 11.9. The molecule has 0 amide bonds. The molecule has 0 saturated carbocycles. The number of aromatic amines is 1. The number of fused-ring (bicyclic) bond motifs is 1. The summed E-state index contributed by atoms with van der Waals surface area (Å²) in [6.45, 7) is 2.97. The van der Waals surface area contributed by atoms with Crippen molar-refractivity contribution in [2.45, 2.75) is 26.4 Å². The van der Waals surface area contributed by atoms with Crippen LogP contribution in [0.3, 0.4) is 0 Å². The third-order valence-corrected chi connectivity index (χ3v) is 6.28. The lowest BCUT2D eigenvalue weighted by molar-refractivity contribution is 0.404. The zero-order valence-corrected chi connectivity index (χ0v) is 20.9. The van der Waals surface area contributed by atoms with Crippen LogP contribution in [0.4, 0.5) is 5.69 Å². The molecule has 0 aliphatic carbocycles. The molecule has 7 heteroatoms. The van der Waals surface area contributed by atoms with Crippen LogP contribution in [0, 0.1) is 0 Å². The molecule has 0 aliphatic rings. The molecular formula is C28H29N3O3S. The molecule has 0 saturated heterocycles. The van der Waals surface area contributed by atoms with E-state index in [-0.39, 0.29) is 5.56 Å². The largest absolute Gasteiger partial charge is 0.497 e. The van der Waals surface area contributed by atoms with Gasteiger partial charge in [0.05, 0.1) is 26.5 Å². The van der Waals surface area contributed by atoms with Gasteiger partial charge in [-0.25, -0.2) is 0 Å². The maximum Gasteiger partial charge on any atom is 0.253 e. The first kappa shape index (κ1) is 24.3. The minimum atomic E-state index is -0.124. The Morgan fingerprint density at radius 1 is 0.943 bits per heavy atom. The van der Waals surface area contributed by atoms with E-state index in [0.717, 1.165) is 34.3 Å². The van der Waals surface area contributed by atoms with Crippen LogP contribution in [0.15, 0.2) is 77.6 Å². The molecular weight excluding hydrogens is 458 g/mol. The number of anilines is 1. The summed E-state index contributed by atoms with van der Waals surface area (Å²) < 4.78 is 10.8. The minimum Gasteiger partial charge on any atom is -0.497 e. The number of para-hydroxylation sites is 2. The van der Waals surface area contributed by atoms with Gasteiger partial charge in [0, 0.05) is 17.6 Å². The number of aryl methyl sites for hydroxylation is 1. The zero-order valence-electron chi connectivity index (χ0n) is 20.1. The number of hydrogen-bond donors (Lipinski definition) is 2. The van der Waals surface area contributed by atoms with E-state index in [1.807, 2.05) is 71.6 Å². The third-order valence-electron chi connectivity index (χ3n) is 5.92. The number of thiocarbonyl (C=S) groups is 1. The van der Waals surface area contributed by atoms with Crippen molar-refractivity contribution in [1.82, 2.24) is 9.88 Å². The Bertz CT molecular complexity index is 1380. The van der Waals surface area contributed by atoms with E-state index >= 15 is 0 Å². The topological polar surface area (TPSA) is 66.6 Å². The van der Waals surface area contributed by atoms with Gasteiger partial charge >= 0.3 is 0 Å². The van der Waals surface area contributed by atoms with Crippen LogP contribution < -0.4 is 20.3 Å². The predicted molar refractivity (Wildman–Crippen MR) is 145 cm³/mol. The van der Waals surface area contributed by atoms with E-state index in [1.54, 1.807) is 14.2 Å². The number of ether oxygens (including phenoxy) is 2. The Morgan fingerprint density at radius 3 is 2.40 bits per heavy atom. The van der Waals surface area contributed by atoms with Crippen molar-refractivity contribution in [3.05, 3.63) is 99.8 Å². The number of nitrogens with zero attached hydrogens (tertiary/aromatic N) is 1. The van der Waals surface area contributed by atoms with Crippen LogP contribution in [0.2, 0.25) is 0 Å². The molecule has 180 valence electrons. The van der Waals surface area contributed by atoms with Gasteiger partial charge in [-0.2, -0.15) is 0 Å². The molecule has 4 rings (SSSR count). The van der Waals surface area contributed by atoms with Crippen molar-refractivity contribution in [1.29, 1.82) is 0 Å². The van der Waals surface area contributed by atoms with Gasteiger partial charge < -0.3 is 24.7 Å². The Hall–Kier alpha value is -3.84. The molecule has 3 aromatic carbocycles. The smallest absolute Gasteiger partial charge is 0.253 e. The number of hydrogen-bond acceptors (Lipinski definition) is 4. The fourth-order valence-corrected chi connectivity index (χ4v) is 4.18. The van der Waals surface area contributed by atoms with E-state index in [1.165, 1.54) is 5.56 Å². The third kappa shape index (κ3) is 5.81. The van der Waals surface area contributed by atoms with Crippen molar-refractivity contribution in [2.24, 2.45) is 0 Å². The molecule has 0 atom stereocenters. The van der Waals surface area contributed by atoms with Crippen molar-refractivity contribution in [2.75, 3.05) is 19.5 Å². The van der Waals surface area contributed by atoms with Gasteiger partial charge in [-0.15, -0.1) is 0 Å². The number of nitrogens with one attached hydrogen (secondary N) is 2. The van der Waals surface area contributed by atoms with Crippen LogP contribution in [0.1, 0.15) is 23.6 Å². The van der Waals surface area contributed by atoms with Gasteiger partial charge in [-0.3, -0.25) is 4.79 Å². The highest BCUT2D eigenvalue weighted by Gasteiger charge is 2.16. The van der Waals surface area contributed by atoms with Gasteiger partial charge in [-0.05, 0) is 77.6 Å². The van der Waals surface area contributed by atoms with Crippen LogP contribution in [-0.4, -0.2) is 29.2 Å². The van der Waals surface area contributed by atoms with Crippen molar-refractivity contribution in [3.8, 4) is 11.5 Å². The van der Waals surface area contributed by atoms with Crippen LogP contribution in [-0.2, 0) is 19.5 Å². The van der Waals surface area contributed by atoms with Gasteiger partial charge in [0.15, 0.2) is 5.11 Å². The highest BCUT2D eigenvalue weighted by molar-refractivity contribution is 7.80. The summed E-state index contributed by atoms with van der Waals surface area (Å²) in [5.74, 6) is 1.47. The second-order valence-corrected chi connectivity index (χ2v) is 8.62. The Morgan fingerprint density at radius 2 is 1.69 bits per heavy atom. The second-order valence-electron chi connectivity index (χ2n) is 8.23. The zero-order chi connectivity index (χ0) is 24.8. The van der Waals surface area contributed by atoms with Crippen LogP contribution >= 0.6 is 12.2 Å². The number of benzene rings is 3. The molecule has 2 N–H and O–H groups in total. The number of rotatable bonds is 8. The molecule has 1 aromatic heterocycles. The van der Waals surface area contributed by atoms with Gasteiger partial charge in [0.1, 0.15) is 11.5 Å². The lowest BCUT2D eigenvalue weighted by Gasteiger charge is -2.26. The van der Waals surface area contributed by atoms with Crippen molar-refractivity contribution >= 4 is 33.9 Å². The fraction of sp³-hybridized carbons (Fsp3) is 0.214. The average molecular weight is 488 g/mol. The molecule has 0 bridgehead atoms. The van der Waals surface area contributed by atoms with Crippen LogP contribution in [0.5, 0.6) is 11.5 Å². The summed E-state index contributed by atoms with van der Waals surface area (Å²) >= 11 is 5.81. The summed E-state index contributed by atoms with van der Waals surface area (Å²) in [5.41, 5.74) is 4.37. The first-order valence-electron chi connectivity index (χ1n) is 11.5. The highest BCUT2D eigenvalue weighted by atomic mass is 32.1. The van der Waals surface area contributed by atoms with Gasteiger partial charge in [0.2, 0.25) is 0 Å². The minimum absolute atomic E-state index is 0.124. The monoisotopic (exact) mass is 487 g/mol. The molecule has 6 nitrogen and oxygen atoms in total. The SMILES string of the molecule is CCc1ccc2[nH]c(=O)c(CN(Cc3ccc(OC)cc3)C(=S)Nc3ccccc3OC)cc2c1. The quantitative estimate of drug-likeness (QED) is 0.320. The Balaban J connectivity index is 1.67. The molecule has 0 aliphatic heterocycles. The second kappa shape index (κ2) is 11.1. The van der Waals surface area contributed by atoms with Gasteiger partial charge in [-0.1, -0.05) is 37.3 Å².